The number of carboxylic acids is 1. The molecule has 0 heterocycles. The van der Waals surface area contributed by atoms with Gasteiger partial charge >= 0.3 is 5.97 Å². The summed E-state index contributed by atoms with van der Waals surface area (Å²) in [5.41, 5.74) is -0.480. The number of carbonyl (C=O) groups is 2. The number of halogens is 2. The monoisotopic (exact) mass is 318 g/mol. The third-order valence-corrected chi connectivity index (χ3v) is 4.05. The van der Waals surface area contributed by atoms with Gasteiger partial charge in [-0.1, -0.05) is 43.6 Å². The minimum absolute atomic E-state index is 0.0507. The normalized spacial score (nSPS) is 10.8. The highest BCUT2D eigenvalue weighted by molar-refractivity contribution is 8.13. The largest absolute Gasteiger partial charge is 0.478 e. The van der Waals surface area contributed by atoms with E-state index in [2.05, 4.69) is 13.8 Å². The summed E-state index contributed by atoms with van der Waals surface area (Å²) >= 11 is 6.69. The van der Waals surface area contributed by atoms with Gasteiger partial charge in [-0.3, -0.25) is 4.79 Å². The summed E-state index contributed by atoms with van der Waals surface area (Å²) < 4.78 is 13.4. The lowest BCUT2D eigenvalue weighted by molar-refractivity contribution is -0.111. The van der Waals surface area contributed by atoms with Crippen molar-refractivity contribution in [1.82, 2.24) is 0 Å². The maximum absolute atomic E-state index is 13.4. The molecule has 1 aromatic rings. The molecule has 0 aromatic heterocycles. The van der Waals surface area contributed by atoms with Crippen LogP contribution in [0.4, 0.5) is 4.39 Å². The number of benzene rings is 1. The molecule has 20 heavy (non-hydrogen) atoms. The van der Waals surface area contributed by atoms with Crippen LogP contribution in [-0.4, -0.2) is 16.2 Å². The predicted octanol–water partition coefficient (Wildman–Crippen LogP) is 4.62. The minimum atomic E-state index is -1.38. The molecule has 0 fully saturated rings. The van der Waals surface area contributed by atoms with Crippen LogP contribution < -0.4 is 0 Å². The maximum Gasteiger partial charge on any atom is 0.338 e. The van der Waals surface area contributed by atoms with E-state index in [1.165, 1.54) is 0 Å². The quantitative estimate of drug-likeness (QED) is 0.777. The summed E-state index contributed by atoms with van der Waals surface area (Å²) in [5.74, 6) is -1.76. The number of thioether (sulfide) groups is 1. The van der Waals surface area contributed by atoms with Crippen LogP contribution in [0.1, 0.15) is 43.5 Å². The Morgan fingerprint density at radius 1 is 1.40 bits per heavy atom. The topological polar surface area (TPSA) is 54.4 Å². The van der Waals surface area contributed by atoms with Crippen molar-refractivity contribution >= 4 is 34.4 Å². The molecule has 0 saturated carbocycles. The lowest BCUT2D eigenvalue weighted by Crippen LogP contribution is -2.02. The molecule has 3 nitrogen and oxygen atoms in total. The number of carboxylic acid groups (broad SMARTS) is 1. The zero-order valence-electron chi connectivity index (χ0n) is 11.3. The van der Waals surface area contributed by atoms with E-state index in [-0.39, 0.29) is 15.0 Å². The van der Waals surface area contributed by atoms with Crippen molar-refractivity contribution in [2.45, 2.75) is 38.0 Å². The smallest absolute Gasteiger partial charge is 0.338 e. The Bertz CT molecular complexity index is 517. The molecule has 0 saturated heterocycles. The second kappa shape index (κ2) is 7.64. The van der Waals surface area contributed by atoms with Crippen molar-refractivity contribution in [3.8, 4) is 0 Å². The van der Waals surface area contributed by atoms with Crippen LogP contribution in [0.15, 0.2) is 17.0 Å². The fourth-order valence-corrected chi connectivity index (χ4v) is 2.69. The molecule has 1 N–H and O–H groups in total. The van der Waals surface area contributed by atoms with E-state index >= 15 is 0 Å². The van der Waals surface area contributed by atoms with E-state index in [9.17, 15) is 14.0 Å². The summed E-state index contributed by atoms with van der Waals surface area (Å²) in [6.07, 6.45) is 2.11. The molecule has 0 bridgehead atoms. The van der Waals surface area contributed by atoms with E-state index < -0.39 is 17.3 Å². The van der Waals surface area contributed by atoms with Crippen molar-refractivity contribution in [2.75, 3.05) is 0 Å². The second-order valence-corrected chi connectivity index (χ2v) is 6.33. The first-order valence-corrected chi connectivity index (χ1v) is 7.43. The van der Waals surface area contributed by atoms with Gasteiger partial charge in [0.25, 0.3) is 0 Å². The van der Waals surface area contributed by atoms with Gasteiger partial charge in [0.15, 0.2) is 5.12 Å². The van der Waals surface area contributed by atoms with Gasteiger partial charge in [0.1, 0.15) is 5.82 Å². The highest BCUT2D eigenvalue weighted by Crippen LogP contribution is 2.31. The first-order valence-electron chi connectivity index (χ1n) is 6.24. The number of hydrogen-bond donors (Lipinski definition) is 1. The lowest BCUT2D eigenvalue weighted by atomic mass is 10.1. The van der Waals surface area contributed by atoms with Crippen molar-refractivity contribution < 1.29 is 19.1 Å². The molecule has 0 spiro atoms. The summed E-state index contributed by atoms with van der Waals surface area (Å²) in [6, 6.07) is 2.03. The summed E-state index contributed by atoms with van der Waals surface area (Å²) in [5, 5.41) is 8.79. The number of aromatic carboxylic acids is 1. The van der Waals surface area contributed by atoms with Crippen molar-refractivity contribution in [3.63, 3.8) is 0 Å². The molecular formula is C14H16ClFO3S. The van der Waals surface area contributed by atoms with Gasteiger partial charge in [-0.15, -0.1) is 0 Å². The van der Waals surface area contributed by atoms with Crippen LogP contribution in [-0.2, 0) is 4.79 Å². The summed E-state index contributed by atoms with van der Waals surface area (Å²) in [7, 11) is 0. The zero-order valence-corrected chi connectivity index (χ0v) is 12.9. The average molecular weight is 319 g/mol. The highest BCUT2D eigenvalue weighted by Gasteiger charge is 2.16. The molecular weight excluding hydrogens is 303 g/mol. The fourth-order valence-electron chi connectivity index (χ4n) is 1.60. The Labute approximate surface area is 126 Å². The molecule has 0 aliphatic heterocycles. The third-order valence-electron chi connectivity index (χ3n) is 2.64. The molecule has 110 valence electrons. The highest BCUT2D eigenvalue weighted by atomic mass is 35.5. The molecule has 1 rings (SSSR count). The molecule has 6 heteroatoms. The molecule has 0 aliphatic carbocycles. The van der Waals surface area contributed by atoms with E-state index in [0.717, 1.165) is 36.7 Å². The second-order valence-electron chi connectivity index (χ2n) is 4.83. The standard InChI is InChI=1S/C14H16ClFO3S/c1-8(2)4-3-5-13(17)20-12-6-9(14(18)19)11(16)7-10(12)15/h6-8H,3-5H2,1-2H3,(H,18,19). The molecule has 0 atom stereocenters. The van der Waals surface area contributed by atoms with E-state index in [4.69, 9.17) is 16.7 Å². The van der Waals surface area contributed by atoms with Gasteiger partial charge in [-0.05, 0) is 24.5 Å². The zero-order chi connectivity index (χ0) is 15.3. The van der Waals surface area contributed by atoms with Gasteiger partial charge in [-0.2, -0.15) is 0 Å². The number of hydrogen-bond acceptors (Lipinski definition) is 3. The summed E-state index contributed by atoms with van der Waals surface area (Å²) in [6.45, 7) is 4.15. The average Bonchev–Trinajstić information content (AvgIpc) is 2.31. The van der Waals surface area contributed by atoms with E-state index in [1.54, 1.807) is 0 Å². The Morgan fingerprint density at radius 2 is 2.05 bits per heavy atom. The van der Waals surface area contributed by atoms with Crippen molar-refractivity contribution in [2.24, 2.45) is 5.92 Å². The van der Waals surface area contributed by atoms with Gasteiger partial charge < -0.3 is 5.11 Å². The van der Waals surface area contributed by atoms with Crippen LogP contribution in [0.25, 0.3) is 0 Å². The van der Waals surface area contributed by atoms with Gasteiger partial charge in [0, 0.05) is 11.3 Å². The lowest BCUT2D eigenvalue weighted by Gasteiger charge is -2.07. The molecule has 0 unspecified atom stereocenters. The fraction of sp³-hybridized carbons (Fsp3) is 0.429. The Kier molecular flexibility index (Phi) is 6.49. The predicted molar refractivity (Wildman–Crippen MR) is 77.9 cm³/mol. The molecule has 0 radical (unpaired) electrons. The SMILES string of the molecule is CC(C)CCCC(=O)Sc1cc(C(=O)O)c(F)cc1Cl. The first kappa shape index (κ1) is 17.0. The molecule has 0 aliphatic rings. The van der Waals surface area contributed by atoms with Crippen LogP contribution in [0.3, 0.4) is 0 Å². The maximum atomic E-state index is 13.4. The first-order chi connectivity index (χ1) is 9.31. The minimum Gasteiger partial charge on any atom is -0.478 e. The summed E-state index contributed by atoms with van der Waals surface area (Å²) in [4.78, 5) is 22.9. The molecule has 1 aromatic carbocycles. The van der Waals surface area contributed by atoms with Crippen LogP contribution in [0, 0.1) is 11.7 Å². The van der Waals surface area contributed by atoms with E-state index in [0.29, 0.717) is 12.3 Å². The van der Waals surface area contributed by atoms with Crippen molar-refractivity contribution in [3.05, 3.63) is 28.5 Å². The number of carbonyl (C=O) groups excluding carboxylic acids is 1. The van der Waals surface area contributed by atoms with Crippen LogP contribution >= 0.6 is 23.4 Å². The third kappa shape index (κ3) is 5.13. The van der Waals surface area contributed by atoms with E-state index in [1.807, 2.05) is 0 Å². The Morgan fingerprint density at radius 3 is 2.60 bits per heavy atom. The van der Waals surface area contributed by atoms with Gasteiger partial charge in [-0.25, -0.2) is 9.18 Å². The van der Waals surface area contributed by atoms with Gasteiger partial charge in [0.05, 0.1) is 10.6 Å². The molecule has 0 amide bonds. The van der Waals surface area contributed by atoms with Crippen LogP contribution in [0.2, 0.25) is 5.02 Å². The van der Waals surface area contributed by atoms with Gasteiger partial charge in [0.2, 0.25) is 0 Å². The number of rotatable bonds is 6. The van der Waals surface area contributed by atoms with Crippen molar-refractivity contribution in [1.29, 1.82) is 0 Å². The van der Waals surface area contributed by atoms with Crippen LogP contribution in [0.5, 0.6) is 0 Å². The Hall–Kier alpha value is -1.07. The Balaban J connectivity index is 2.74.